The van der Waals surface area contributed by atoms with E-state index in [1.165, 1.54) is 0 Å². The van der Waals surface area contributed by atoms with E-state index < -0.39 is 0 Å². The average molecular weight is 274 g/mol. The Morgan fingerprint density at radius 3 is 2.68 bits per heavy atom. The van der Waals surface area contributed by atoms with E-state index >= 15 is 0 Å². The molecule has 1 aromatic heterocycles. The van der Waals surface area contributed by atoms with Crippen molar-refractivity contribution in [2.24, 2.45) is 5.84 Å². The highest BCUT2D eigenvalue weighted by Gasteiger charge is 2.06. The Hall–Kier alpha value is -1.59. The van der Waals surface area contributed by atoms with E-state index in [1.54, 1.807) is 0 Å². The summed E-state index contributed by atoms with van der Waals surface area (Å²) in [7, 11) is 0. The van der Waals surface area contributed by atoms with Crippen LogP contribution in [0.5, 0.6) is 0 Å². The molecule has 0 unspecified atom stereocenters. The van der Waals surface area contributed by atoms with Crippen LogP contribution >= 0.6 is 11.8 Å². The molecular weight excluding hydrogens is 256 g/mol. The molecule has 0 aliphatic heterocycles. The van der Waals surface area contributed by atoms with Gasteiger partial charge in [-0.3, -0.25) is 0 Å². The predicted molar refractivity (Wildman–Crippen MR) is 81.7 cm³/mol. The van der Waals surface area contributed by atoms with Gasteiger partial charge in [0.05, 0.1) is 11.4 Å². The molecule has 0 saturated heterocycles. The fourth-order valence-corrected chi connectivity index (χ4v) is 2.44. The summed E-state index contributed by atoms with van der Waals surface area (Å²) < 4.78 is 0. The van der Waals surface area contributed by atoms with Crippen LogP contribution in [0, 0.1) is 0 Å². The van der Waals surface area contributed by atoms with Crippen LogP contribution in [0.3, 0.4) is 0 Å². The number of nitrogen functional groups attached to an aromatic ring is 1. The summed E-state index contributed by atoms with van der Waals surface area (Å²) in [6.07, 6.45) is 1.16. The summed E-state index contributed by atoms with van der Waals surface area (Å²) in [5, 5.41) is 0. The summed E-state index contributed by atoms with van der Waals surface area (Å²) in [6, 6.07) is 11.9. The zero-order chi connectivity index (χ0) is 13.5. The first-order valence-corrected chi connectivity index (χ1v) is 7.46. The Balaban J connectivity index is 2.26. The molecule has 0 atom stereocenters. The van der Waals surface area contributed by atoms with E-state index in [2.05, 4.69) is 22.3 Å². The molecule has 0 aliphatic carbocycles. The van der Waals surface area contributed by atoms with Crippen LogP contribution in [0.4, 0.5) is 5.82 Å². The molecule has 1 aromatic carbocycles. The fourth-order valence-electron chi connectivity index (χ4n) is 1.70. The summed E-state index contributed by atoms with van der Waals surface area (Å²) in [5.41, 5.74) is 4.58. The summed E-state index contributed by atoms with van der Waals surface area (Å²) >= 11 is 1.84. The van der Waals surface area contributed by atoms with Crippen molar-refractivity contribution in [2.45, 2.75) is 19.1 Å². The van der Waals surface area contributed by atoms with Crippen LogP contribution in [0.1, 0.15) is 19.2 Å². The second-order valence-corrected chi connectivity index (χ2v) is 5.22. The SMILES string of the molecule is CCCSCc1nc(NN)cc(-c2ccccc2)n1. The minimum Gasteiger partial charge on any atom is -0.308 e. The highest BCUT2D eigenvalue weighted by molar-refractivity contribution is 7.98. The van der Waals surface area contributed by atoms with Gasteiger partial charge >= 0.3 is 0 Å². The highest BCUT2D eigenvalue weighted by atomic mass is 32.2. The lowest BCUT2D eigenvalue weighted by Gasteiger charge is -2.07. The normalized spacial score (nSPS) is 10.4. The number of hydrogen-bond acceptors (Lipinski definition) is 5. The maximum Gasteiger partial charge on any atom is 0.144 e. The van der Waals surface area contributed by atoms with Gasteiger partial charge in [-0.05, 0) is 12.2 Å². The van der Waals surface area contributed by atoms with Crippen LogP contribution in [-0.4, -0.2) is 15.7 Å². The maximum absolute atomic E-state index is 5.47. The Kier molecular flexibility index (Phi) is 5.18. The van der Waals surface area contributed by atoms with E-state index in [1.807, 2.05) is 48.2 Å². The number of hydrogen-bond donors (Lipinski definition) is 2. The lowest BCUT2D eigenvalue weighted by Crippen LogP contribution is -2.10. The molecule has 3 N–H and O–H groups in total. The van der Waals surface area contributed by atoms with Crippen molar-refractivity contribution < 1.29 is 0 Å². The van der Waals surface area contributed by atoms with Crippen LogP contribution in [0.15, 0.2) is 36.4 Å². The molecule has 5 heteroatoms. The van der Waals surface area contributed by atoms with Crippen LogP contribution in [0.2, 0.25) is 0 Å². The molecular formula is C14H18N4S. The summed E-state index contributed by atoms with van der Waals surface area (Å²) in [6.45, 7) is 2.17. The number of nitrogens with two attached hydrogens (primary N) is 1. The molecule has 19 heavy (non-hydrogen) atoms. The van der Waals surface area contributed by atoms with E-state index in [-0.39, 0.29) is 0 Å². The van der Waals surface area contributed by atoms with E-state index in [0.717, 1.165) is 35.0 Å². The molecule has 0 aliphatic rings. The number of benzene rings is 1. The molecule has 2 rings (SSSR count). The maximum atomic E-state index is 5.47. The topological polar surface area (TPSA) is 63.8 Å². The first-order valence-electron chi connectivity index (χ1n) is 6.31. The third-order valence-corrected chi connectivity index (χ3v) is 3.73. The molecule has 1 heterocycles. The monoisotopic (exact) mass is 274 g/mol. The Bertz CT molecular complexity index is 516. The fraction of sp³-hybridized carbons (Fsp3) is 0.286. The first-order chi connectivity index (χ1) is 9.33. The van der Waals surface area contributed by atoms with Crippen molar-refractivity contribution in [1.29, 1.82) is 0 Å². The van der Waals surface area contributed by atoms with Gasteiger partial charge in [0, 0.05) is 11.6 Å². The second-order valence-electron chi connectivity index (χ2n) is 4.12. The molecule has 0 bridgehead atoms. The lowest BCUT2D eigenvalue weighted by atomic mass is 10.1. The molecule has 2 aromatic rings. The minimum absolute atomic E-state index is 0.654. The van der Waals surface area contributed by atoms with E-state index in [4.69, 9.17) is 5.84 Å². The zero-order valence-corrected chi connectivity index (χ0v) is 11.8. The number of nitrogens with zero attached hydrogens (tertiary/aromatic N) is 2. The van der Waals surface area contributed by atoms with Gasteiger partial charge in [0.1, 0.15) is 11.6 Å². The van der Waals surface area contributed by atoms with Gasteiger partial charge < -0.3 is 5.43 Å². The zero-order valence-electron chi connectivity index (χ0n) is 11.0. The Morgan fingerprint density at radius 1 is 1.21 bits per heavy atom. The van der Waals surface area contributed by atoms with Crippen molar-refractivity contribution >= 4 is 17.6 Å². The number of nitrogens with one attached hydrogen (secondary N) is 1. The largest absolute Gasteiger partial charge is 0.308 e. The van der Waals surface area contributed by atoms with E-state index in [9.17, 15) is 0 Å². The number of hydrazine groups is 1. The third-order valence-electron chi connectivity index (χ3n) is 2.57. The molecule has 0 radical (unpaired) electrons. The number of thioether (sulfide) groups is 1. The minimum atomic E-state index is 0.654. The molecule has 0 fully saturated rings. The van der Waals surface area contributed by atoms with Gasteiger partial charge in [0.15, 0.2) is 0 Å². The van der Waals surface area contributed by atoms with Crippen molar-refractivity contribution in [2.75, 3.05) is 11.2 Å². The molecule has 100 valence electrons. The van der Waals surface area contributed by atoms with Gasteiger partial charge in [0.25, 0.3) is 0 Å². The van der Waals surface area contributed by atoms with Crippen LogP contribution < -0.4 is 11.3 Å². The standard InChI is InChI=1S/C14H18N4S/c1-2-8-19-10-14-16-12(9-13(17-14)18-15)11-6-4-3-5-7-11/h3-7,9H,2,8,10,15H2,1H3,(H,16,17,18). The smallest absolute Gasteiger partial charge is 0.144 e. The number of rotatable bonds is 6. The highest BCUT2D eigenvalue weighted by Crippen LogP contribution is 2.21. The number of aromatic nitrogens is 2. The molecule has 0 spiro atoms. The average Bonchev–Trinajstić information content (AvgIpc) is 2.48. The van der Waals surface area contributed by atoms with Gasteiger partial charge in [-0.1, -0.05) is 37.3 Å². The third kappa shape index (κ3) is 3.94. The van der Waals surface area contributed by atoms with Crippen molar-refractivity contribution in [3.8, 4) is 11.3 Å². The van der Waals surface area contributed by atoms with E-state index in [0.29, 0.717) is 5.82 Å². The first kappa shape index (κ1) is 13.8. The Morgan fingerprint density at radius 2 is 2.00 bits per heavy atom. The van der Waals surface area contributed by atoms with Gasteiger partial charge in [-0.2, -0.15) is 11.8 Å². The van der Waals surface area contributed by atoms with Gasteiger partial charge in [0.2, 0.25) is 0 Å². The van der Waals surface area contributed by atoms with Crippen molar-refractivity contribution in [1.82, 2.24) is 9.97 Å². The van der Waals surface area contributed by atoms with Gasteiger partial charge in [-0.25, -0.2) is 15.8 Å². The summed E-state index contributed by atoms with van der Waals surface area (Å²) in [5.74, 6) is 8.86. The van der Waals surface area contributed by atoms with Crippen molar-refractivity contribution in [3.05, 3.63) is 42.2 Å². The molecule has 0 saturated carbocycles. The van der Waals surface area contributed by atoms with Crippen LogP contribution in [-0.2, 0) is 5.75 Å². The quantitative estimate of drug-likeness (QED) is 0.481. The lowest BCUT2D eigenvalue weighted by molar-refractivity contribution is 1.02. The molecule has 4 nitrogen and oxygen atoms in total. The molecule has 0 amide bonds. The van der Waals surface area contributed by atoms with Crippen LogP contribution in [0.25, 0.3) is 11.3 Å². The van der Waals surface area contributed by atoms with Gasteiger partial charge in [-0.15, -0.1) is 0 Å². The number of anilines is 1. The van der Waals surface area contributed by atoms with Crippen molar-refractivity contribution in [3.63, 3.8) is 0 Å². The predicted octanol–water partition coefficient (Wildman–Crippen LogP) is 3.07. The summed E-state index contributed by atoms with van der Waals surface area (Å²) in [4.78, 5) is 8.98. The second kappa shape index (κ2) is 7.11. The Labute approximate surface area is 117 Å².